The minimum atomic E-state index is -2.06. The summed E-state index contributed by atoms with van der Waals surface area (Å²) in [6.45, 7) is 17.0. The van der Waals surface area contributed by atoms with Crippen molar-refractivity contribution in [3.63, 3.8) is 0 Å². The summed E-state index contributed by atoms with van der Waals surface area (Å²) in [5.41, 5.74) is 2.77. The van der Waals surface area contributed by atoms with Gasteiger partial charge in [0.15, 0.2) is 8.32 Å². The van der Waals surface area contributed by atoms with E-state index in [9.17, 15) is 4.79 Å². The Morgan fingerprint density at radius 2 is 1.83 bits per heavy atom. The average Bonchev–Trinajstić information content (AvgIpc) is 2.85. The minimum Gasteiger partial charge on any atom is -0.450 e. The van der Waals surface area contributed by atoms with Crippen LogP contribution in [0.1, 0.15) is 87.2 Å². The first-order valence-electron chi connectivity index (χ1n) is 11.0. The maximum atomic E-state index is 12.9. The Morgan fingerprint density at radius 1 is 1.20 bits per heavy atom. The monoisotopic (exact) mass is 451 g/mol. The summed E-state index contributed by atoms with van der Waals surface area (Å²) in [5, 5.41) is 0.349. The van der Waals surface area contributed by atoms with Crippen LogP contribution in [0.15, 0.2) is 0 Å². The molecular weight excluding hydrogens is 418 g/mol. The second-order valence-corrected chi connectivity index (χ2v) is 16.5. The lowest BCUT2D eigenvalue weighted by Gasteiger charge is -2.45. The zero-order valence-corrected chi connectivity index (χ0v) is 21.0. The molecule has 0 N–H and O–H groups in total. The number of carbonyl (C=O) groups is 1. The number of pyridine rings is 1. The molecule has 3 aliphatic rings. The highest BCUT2D eigenvalue weighted by Gasteiger charge is 2.53. The first kappa shape index (κ1) is 22.2. The molecular formula is C23H34ClNO4Si. The van der Waals surface area contributed by atoms with Crippen molar-refractivity contribution >= 4 is 25.9 Å². The fourth-order valence-electron chi connectivity index (χ4n) is 4.85. The third kappa shape index (κ3) is 3.54. The zero-order valence-electron chi connectivity index (χ0n) is 19.3. The number of halogens is 1. The lowest BCUT2D eigenvalue weighted by atomic mass is 9.71. The van der Waals surface area contributed by atoms with Crippen molar-refractivity contribution in [3.05, 3.63) is 27.5 Å². The number of esters is 1. The predicted octanol–water partition coefficient (Wildman–Crippen LogP) is 5.95. The van der Waals surface area contributed by atoms with Gasteiger partial charge in [-0.1, -0.05) is 46.2 Å². The average molecular weight is 452 g/mol. The van der Waals surface area contributed by atoms with Crippen molar-refractivity contribution in [1.82, 2.24) is 4.98 Å². The molecule has 1 fully saturated rings. The fraction of sp³-hybridized carbons (Fsp3) is 0.739. The van der Waals surface area contributed by atoms with Gasteiger partial charge in [0.1, 0.15) is 16.3 Å². The van der Waals surface area contributed by atoms with Gasteiger partial charge in [-0.3, -0.25) is 0 Å². The zero-order chi connectivity index (χ0) is 22.1. The third-order valence-electron chi connectivity index (χ3n) is 7.47. The first-order valence-corrected chi connectivity index (χ1v) is 14.3. The van der Waals surface area contributed by atoms with Crippen molar-refractivity contribution < 1.29 is 18.7 Å². The van der Waals surface area contributed by atoms with Gasteiger partial charge in [0, 0.05) is 29.7 Å². The molecule has 1 aliphatic carbocycles. The molecule has 1 aromatic heterocycles. The molecule has 0 aromatic carbocycles. The number of ether oxygens (including phenoxy) is 2. The number of rotatable bonds is 2. The quantitative estimate of drug-likeness (QED) is 0.316. The van der Waals surface area contributed by atoms with E-state index in [1.54, 1.807) is 0 Å². The number of carbonyl (C=O) groups excluding carboxylic acids is 1. The fourth-order valence-corrected chi connectivity index (χ4v) is 6.39. The SMILES string of the molecule is CC1(C)Cc2nc(Cl)c3c(c2C(O[Si](C)(C)C(C)(C)C)C1)C1(CCOCC1)OC3=O. The van der Waals surface area contributed by atoms with E-state index in [-0.39, 0.29) is 27.7 Å². The van der Waals surface area contributed by atoms with E-state index >= 15 is 0 Å². The maximum absolute atomic E-state index is 12.9. The Balaban J connectivity index is 1.92. The molecule has 0 radical (unpaired) electrons. The largest absolute Gasteiger partial charge is 0.450 e. The van der Waals surface area contributed by atoms with Crippen LogP contribution in [0.25, 0.3) is 0 Å². The van der Waals surface area contributed by atoms with Gasteiger partial charge < -0.3 is 13.9 Å². The van der Waals surface area contributed by atoms with Crippen LogP contribution in [-0.4, -0.2) is 32.5 Å². The summed E-state index contributed by atoms with van der Waals surface area (Å²) < 4.78 is 18.6. The Bertz CT molecular complexity index is 884. The molecule has 1 spiro atoms. The number of fused-ring (bicyclic) bond motifs is 4. The van der Waals surface area contributed by atoms with E-state index in [2.05, 4.69) is 47.7 Å². The molecule has 0 saturated carbocycles. The second-order valence-electron chi connectivity index (χ2n) is 11.4. The molecule has 166 valence electrons. The van der Waals surface area contributed by atoms with E-state index in [1.807, 2.05) is 0 Å². The van der Waals surface area contributed by atoms with Crippen molar-refractivity contribution in [2.24, 2.45) is 5.41 Å². The van der Waals surface area contributed by atoms with E-state index in [0.29, 0.717) is 31.6 Å². The molecule has 5 nitrogen and oxygen atoms in total. The Kier molecular flexibility index (Phi) is 5.21. The topological polar surface area (TPSA) is 57.6 Å². The molecule has 1 aromatic rings. The summed E-state index contributed by atoms with van der Waals surface area (Å²) in [7, 11) is -2.06. The van der Waals surface area contributed by atoms with Gasteiger partial charge >= 0.3 is 5.97 Å². The molecule has 1 atom stereocenters. The highest BCUT2D eigenvalue weighted by molar-refractivity contribution is 6.74. The molecule has 0 bridgehead atoms. The van der Waals surface area contributed by atoms with Crippen LogP contribution in [0.2, 0.25) is 23.3 Å². The Labute approximate surface area is 186 Å². The summed E-state index contributed by atoms with van der Waals surface area (Å²) in [5.74, 6) is -0.358. The van der Waals surface area contributed by atoms with Crippen LogP contribution in [0.3, 0.4) is 0 Å². The molecule has 0 amide bonds. The van der Waals surface area contributed by atoms with Gasteiger partial charge in [-0.25, -0.2) is 9.78 Å². The van der Waals surface area contributed by atoms with Gasteiger partial charge in [-0.15, -0.1) is 0 Å². The van der Waals surface area contributed by atoms with Crippen molar-refractivity contribution in [2.45, 2.75) is 90.1 Å². The van der Waals surface area contributed by atoms with Gasteiger partial charge in [0.2, 0.25) is 0 Å². The van der Waals surface area contributed by atoms with Crippen LogP contribution >= 0.6 is 11.6 Å². The number of hydrogen-bond acceptors (Lipinski definition) is 5. The van der Waals surface area contributed by atoms with Crippen molar-refractivity contribution in [3.8, 4) is 0 Å². The molecule has 1 unspecified atom stereocenters. The van der Waals surface area contributed by atoms with Gasteiger partial charge in [-0.05, 0) is 36.4 Å². The van der Waals surface area contributed by atoms with E-state index < -0.39 is 13.9 Å². The number of hydrogen-bond donors (Lipinski definition) is 0. The summed E-state index contributed by atoms with van der Waals surface area (Å²) >= 11 is 6.58. The van der Waals surface area contributed by atoms with Crippen LogP contribution in [0.5, 0.6) is 0 Å². The molecule has 3 heterocycles. The smallest absolute Gasteiger partial charge is 0.342 e. The molecule has 30 heavy (non-hydrogen) atoms. The summed E-state index contributed by atoms with van der Waals surface area (Å²) in [6, 6.07) is 0. The van der Waals surface area contributed by atoms with Gasteiger partial charge in [0.25, 0.3) is 0 Å². The van der Waals surface area contributed by atoms with E-state index in [4.69, 9.17) is 30.5 Å². The van der Waals surface area contributed by atoms with Crippen molar-refractivity contribution in [1.29, 1.82) is 0 Å². The van der Waals surface area contributed by atoms with Gasteiger partial charge in [0.05, 0.1) is 19.3 Å². The molecule has 4 rings (SSSR count). The third-order valence-corrected chi connectivity index (χ3v) is 12.2. The Hall–Kier alpha value is -0.953. The number of aromatic nitrogens is 1. The second kappa shape index (κ2) is 7.02. The summed E-state index contributed by atoms with van der Waals surface area (Å²) in [6.07, 6.45) is 2.89. The highest BCUT2D eigenvalue weighted by Crippen LogP contribution is 2.54. The lowest BCUT2D eigenvalue weighted by Crippen LogP contribution is -2.44. The maximum Gasteiger partial charge on any atom is 0.342 e. The molecule has 2 aliphatic heterocycles. The highest BCUT2D eigenvalue weighted by atomic mass is 35.5. The van der Waals surface area contributed by atoms with Crippen LogP contribution < -0.4 is 0 Å². The standard InChI is InChI=1S/C23H34ClNO4Si/c1-21(2,3)30(6,7)29-15-13-22(4,5)12-14-16(15)18-17(19(24)25-14)20(26)28-23(18)8-10-27-11-9-23/h15H,8-13H2,1-7H3. The molecule has 7 heteroatoms. The van der Waals surface area contributed by atoms with E-state index in [0.717, 1.165) is 29.7 Å². The van der Waals surface area contributed by atoms with Crippen LogP contribution in [0, 0.1) is 5.41 Å². The predicted molar refractivity (Wildman–Crippen MR) is 120 cm³/mol. The van der Waals surface area contributed by atoms with Crippen molar-refractivity contribution in [2.75, 3.05) is 13.2 Å². The lowest BCUT2D eigenvalue weighted by molar-refractivity contribution is -0.0748. The van der Waals surface area contributed by atoms with E-state index in [1.165, 1.54) is 0 Å². The van der Waals surface area contributed by atoms with Gasteiger partial charge in [-0.2, -0.15) is 0 Å². The first-order chi connectivity index (χ1) is 13.8. The molecule has 1 saturated heterocycles. The Morgan fingerprint density at radius 3 is 2.43 bits per heavy atom. The number of nitrogens with zero attached hydrogens (tertiary/aromatic N) is 1. The van der Waals surface area contributed by atoms with Crippen LogP contribution in [-0.2, 0) is 25.9 Å². The normalized spacial score (nSPS) is 25.1. The minimum absolute atomic E-state index is 0.0386. The summed E-state index contributed by atoms with van der Waals surface area (Å²) in [4.78, 5) is 17.6. The van der Waals surface area contributed by atoms with Crippen LogP contribution in [0.4, 0.5) is 0 Å².